The van der Waals surface area contributed by atoms with E-state index in [-0.39, 0.29) is 0 Å². The minimum atomic E-state index is 0.472. The molecule has 1 heterocycles. The summed E-state index contributed by atoms with van der Waals surface area (Å²) in [6, 6.07) is 0.472. The van der Waals surface area contributed by atoms with E-state index in [0.717, 1.165) is 19.1 Å². The van der Waals surface area contributed by atoms with Gasteiger partial charge in [-0.25, -0.2) is 0 Å². The molecule has 0 radical (unpaired) electrons. The van der Waals surface area contributed by atoms with Gasteiger partial charge >= 0.3 is 0 Å². The molecule has 3 unspecified atom stereocenters. The molecule has 0 aromatic carbocycles. The summed E-state index contributed by atoms with van der Waals surface area (Å²) in [4.78, 5) is 0. The first kappa shape index (κ1) is 10.4. The first-order valence-corrected chi connectivity index (χ1v) is 6.01. The lowest BCUT2D eigenvalue weighted by molar-refractivity contribution is 0.178. The van der Waals surface area contributed by atoms with E-state index >= 15 is 0 Å². The second-order valence-electron chi connectivity index (χ2n) is 5.58. The van der Waals surface area contributed by atoms with E-state index in [9.17, 15) is 0 Å². The van der Waals surface area contributed by atoms with Gasteiger partial charge in [-0.3, -0.25) is 0 Å². The summed E-state index contributed by atoms with van der Waals surface area (Å²) >= 11 is 0. The molecule has 0 amide bonds. The van der Waals surface area contributed by atoms with Crippen molar-refractivity contribution in [1.29, 1.82) is 0 Å². The maximum absolute atomic E-state index is 5.97. The van der Waals surface area contributed by atoms with E-state index in [1.165, 1.54) is 38.5 Å². The Kier molecular flexibility index (Phi) is 3.13. The number of rotatable bonds is 3. The Hall–Kier alpha value is -0.0800. The van der Waals surface area contributed by atoms with Crippen LogP contribution < -0.4 is 5.73 Å². The molecule has 2 N–H and O–H groups in total. The van der Waals surface area contributed by atoms with E-state index in [1.807, 2.05) is 0 Å². The topological polar surface area (TPSA) is 35.2 Å². The maximum Gasteiger partial charge on any atom is 0.0495 e. The average Bonchev–Trinajstić information content (AvgIpc) is 2.73. The quantitative estimate of drug-likeness (QED) is 0.753. The zero-order chi connectivity index (χ0) is 10.0. The highest BCUT2D eigenvalue weighted by atomic mass is 16.5. The largest absolute Gasteiger partial charge is 0.381 e. The zero-order valence-corrected chi connectivity index (χ0v) is 9.30. The van der Waals surface area contributed by atoms with Crippen LogP contribution in [-0.4, -0.2) is 19.3 Å². The van der Waals surface area contributed by atoms with E-state index in [0.29, 0.717) is 11.5 Å². The Bertz CT molecular complexity index is 189. The summed E-state index contributed by atoms with van der Waals surface area (Å²) in [5.41, 5.74) is 6.51. The lowest BCUT2D eigenvalue weighted by Gasteiger charge is -2.25. The second kappa shape index (κ2) is 4.19. The third kappa shape index (κ3) is 2.48. The molecule has 2 heteroatoms. The van der Waals surface area contributed by atoms with Gasteiger partial charge in [0.1, 0.15) is 0 Å². The highest BCUT2D eigenvalue weighted by Gasteiger charge is 2.33. The molecule has 2 aliphatic rings. The van der Waals surface area contributed by atoms with E-state index in [2.05, 4.69) is 6.92 Å². The fraction of sp³-hybridized carbons (Fsp3) is 1.00. The molecular weight excluding hydrogens is 174 g/mol. The first-order chi connectivity index (χ1) is 6.68. The highest BCUT2D eigenvalue weighted by molar-refractivity contribution is 4.88. The minimum Gasteiger partial charge on any atom is -0.381 e. The van der Waals surface area contributed by atoms with Crippen LogP contribution in [0.4, 0.5) is 0 Å². The number of ether oxygens (including phenoxy) is 1. The Morgan fingerprint density at radius 1 is 1.43 bits per heavy atom. The number of hydrogen-bond acceptors (Lipinski definition) is 2. The summed E-state index contributed by atoms with van der Waals surface area (Å²) in [5, 5.41) is 0. The van der Waals surface area contributed by atoms with Crippen LogP contribution in [0.3, 0.4) is 0 Å². The maximum atomic E-state index is 5.97. The fourth-order valence-corrected chi connectivity index (χ4v) is 2.96. The molecule has 0 aromatic rings. The smallest absolute Gasteiger partial charge is 0.0495 e. The first-order valence-electron chi connectivity index (χ1n) is 6.01. The zero-order valence-electron chi connectivity index (χ0n) is 9.30. The molecule has 0 aromatic heterocycles. The highest BCUT2D eigenvalue weighted by Crippen LogP contribution is 2.42. The van der Waals surface area contributed by atoms with Crippen LogP contribution in [0, 0.1) is 11.3 Å². The SMILES string of the molecule is CC1(CCC2CCOC2)CCC(N)C1. The average molecular weight is 197 g/mol. The van der Waals surface area contributed by atoms with Crippen LogP contribution >= 0.6 is 0 Å². The molecule has 0 bridgehead atoms. The van der Waals surface area contributed by atoms with Gasteiger partial charge in [0.2, 0.25) is 0 Å². The standard InChI is InChI=1S/C12H23NO/c1-12(6-3-11(13)8-12)5-2-10-4-7-14-9-10/h10-11H,2-9,13H2,1H3. The van der Waals surface area contributed by atoms with Gasteiger partial charge in [-0.15, -0.1) is 0 Å². The Morgan fingerprint density at radius 2 is 2.29 bits per heavy atom. The predicted octanol–water partition coefficient (Wildman–Crippen LogP) is 2.32. The van der Waals surface area contributed by atoms with Crippen LogP contribution in [0.15, 0.2) is 0 Å². The van der Waals surface area contributed by atoms with Crippen molar-refractivity contribution >= 4 is 0 Å². The molecule has 1 saturated heterocycles. The van der Waals surface area contributed by atoms with E-state index in [4.69, 9.17) is 10.5 Å². The summed E-state index contributed by atoms with van der Waals surface area (Å²) in [6.07, 6.45) is 7.79. The van der Waals surface area contributed by atoms with Crippen LogP contribution in [0.1, 0.15) is 45.4 Å². The predicted molar refractivity (Wildman–Crippen MR) is 58.1 cm³/mol. The van der Waals surface area contributed by atoms with Crippen molar-refractivity contribution < 1.29 is 4.74 Å². The van der Waals surface area contributed by atoms with Crippen LogP contribution in [0.2, 0.25) is 0 Å². The van der Waals surface area contributed by atoms with Crippen molar-refractivity contribution in [2.75, 3.05) is 13.2 Å². The van der Waals surface area contributed by atoms with Crippen LogP contribution in [0.25, 0.3) is 0 Å². The van der Waals surface area contributed by atoms with Gasteiger partial charge in [0.25, 0.3) is 0 Å². The third-order valence-corrected chi connectivity index (χ3v) is 4.05. The molecule has 2 nitrogen and oxygen atoms in total. The lowest BCUT2D eigenvalue weighted by Crippen LogP contribution is -2.20. The summed E-state index contributed by atoms with van der Waals surface area (Å²) in [7, 11) is 0. The van der Waals surface area contributed by atoms with Crippen molar-refractivity contribution in [2.24, 2.45) is 17.1 Å². The molecule has 2 rings (SSSR count). The monoisotopic (exact) mass is 197 g/mol. The molecule has 2 fully saturated rings. The summed E-state index contributed by atoms with van der Waals surface area (Å²) in [6.45, 7) is 4.40. The van der Waals surface area contributed by atoms with Crippen molar-refractivity contribution in [3.05, 3.63) is 0 Å². The van der Waals surface area contributed by atoms with Crippen molar-refractivity contribution in [2.45, 2.75) is 51.5 Å². The Balaban J connectivity index is 1.73. The van der Waals surface area contributed by atoms with Gasteiger partial charge in [-0.1, -0.05) is 6.92 Å². The molecule has 82 valence electrons. The molecule has 0 spiro atoms. The number of nitrogens with two attached hydrogens (primary N) is 1. The van der Waals surface area contributed by atoms with Crippen LogP contribution in [-0.2, 0) is 4.74 Å². The third-order valence-electron chi connectivity index (χ3n) is 4.05. The molecule has 1 aliphatic heterocycles. The summed E-state index contributed by atoms with van der Waals surface area (Å²) in [5.74, 6) is 0.837. The number of hydrogen-bond donors (Lipinski definition) is 1. The lowest BCUT2D eigenvalue weighted by atomic mass is 9.81. The molecule has 14 heavy (non-hydrogen) atoms. The Labute approximate surface area is 87.2 Å². The summed E-state index contributed by atoms with van der Waals surface area (Å²) < 4.78 is 5.40. The molecule has 1 saturated carbocycles. The van der Waals surface area contributed by atoms with Crippen molar-refractivity contribution in [3.63, 3.8) is 0 Å². The van der Waals surface area contributed by atoms with E-state index < -0.39 is 0 Å². The minimum absolute atomic E-state index is 0.472. The molecule has 1 aliphatic carbocycles. The normalized spacial score (nSPS) is 43.3. The van der Waals surface area contributed by atoms with E-state index in [1.54, 1.807) is 0 Å². The van der Waals surface area contributed by atoms with Gasteiger partial charge in [0.05, 0.1) is 0 Å². The second-order valence-corrected chi connectivity index (χ2v) is 5.58. The fourth-order valence-electron chi connectivity index (χ4n) is 2.96. The van der Waals surface area contributed by atoms with Gasteiger partial charge < -0.3 is 10.5 Å². The van der Waals surface area contributed by atoms with Crippen molar-refractivity contribution in [3.8, 4) is 0 Å². The Morgan fingerprint density at radius 3 is 2.86 bits per heavy atom. The molecule has 3 atom stereocenters. The van der Waals surface area contributed by atoms with Gasteiger partial charge in [-0.05, 0) is 49.9 Å². The van der Waals surface area contributed by atoms with Gasteiger partial charge in [-0.2, -0.15) is 0 Å². The van der Waals surface area contributed by atoms with Gasteiger partial charge in [0.15, 0.2) is 0 Å². The van der Waals surface area contributed by atoms with Crippen molar-refractivity contribution in [1.82, 2.24) is 0 Å². The van der Waals surface area contributed by atoms with Crippen LogP contribution in [0.5, 0.6) is 0 Å². The van der Waals surface area contributed by atoms with Gasteiger partial charge in [0, 0.05) is 19.3 Å². The molecular formula is C12H23NO.